The quantitative estimate of drug-likeness (QED) is 0.829. The van der Waals surface area contributed by atoms with Crippen LogP contribution in [0.25, 0.3) is 0 Å². The minimum Gasteiger partial charge on any atom is -0.324 e. The number of benzene rings is 2. The minimum absolute atomic E-state index is 0.0421. The summed E-state index contributed by atoms with van der Waals surface area (Å²) in [6.07, 6.45) is -4.36. The Morgan fingerprint density at radius 2 is 1.81 bits per heavy atom. The van der Waals surface area contributed by atoms with Crippen LogP contribution in [0.4, 0.5) is 24.5 Å². The summed E-state index contributed by atoms with van der Waals surface area (Å²) in [6.45, 7) is 1.65. The molecule has 1 N–H and O–H groups in total. The third kappa shape index (κ3) is 3.42. The monoisotopic (exact) mass is 376 g/mol. The van der Waals surface area contributed by atoms with Gasteiger partial charge >= 0.3 is 6.18 Å². The summed E-state index contributed by atoms with van der Waals surface area (Å²) in [5.41, 5.74) is -0.419. The number of halogens is 3. The number of ketones is 1. The van der Waals surface area contributed by atoms with Gasteiger partial charge in [0.1, 0.15) is 6.04 Å². The van der Waals surface area contributed by atoms with E-state index in [0.717, 1.165) is 17.0 Å². The van der Waals surface area contributed by atoms with Gasteiger partial charge in [0.2, 0.25) is 5.91 Å². The zero-order valence-corrected chi connectivity index (χ0v) is 14.2. The molecule has 0 bridgehead atoms. The maximum atomic E-state index is 12.8. The topological polar surface area (TPSA) is 66.5 Å². The lowest BCUT2D eigenvalue weighted by molar-refractivity contribution is -0.137. The molecule has 0 aromatic heterocycles. The molecule has 0 spiro atoms. The Balaban J connectivity index is 1.88. The Hall–Kier alpha value is -3.16. The molecule has 0 saturated heterocycles. The van der Waals surface area contributed by atoms with Crippen molar-refractivity contribution in [2.45, 2.75) is 25.6 Å². The number of carbonyl (C=O) groups excluding carboxylic acids is 3. The highest BCUT2D eigenvalue weighted by molar-refractivity contribution is 6.52. The van der Waals surface area contributed by atoms with Gasteiger partial charge in [-0.05, 0) is 36.8 Å². The molecule has 5 nitrogen and oxygen atoms in total. The van der Waals surface area contributed by atoms with Crippen LogP contribution in [0.5, 0.6) is 0 Å². The van der Waals surface area contributed by atoms with E-state index in [0.29, 0.717) is 5.69 Å². The van der Waals surface area contributed by atoms with E-state index < -0.39 is 35.4 Å². The van der Waals surface area contributed by atoms with Gasteiger partial charge in [-0.3, -0.25) is 19.3 Å². The number of Topliss-reactive ketones (excluding diaryl/α,β-unsaturated/α-hetero) is 1. The first-order valence-electron chi connectivity index (χ1n) is 8.19. The van der Waals surface area contributed by atoms with Gasteiger partial charge in [0.15, 0.2) is 0 Å². The average Bonchev–Trinajstić information content (AvgIpc) is 2.87. The van der Waals surface area contributed by atoms with E-state index in [4.69, 9.17) is 0 Å². The largest absolute Gasteiger partial charge is 0.416 e. The van der Waals surface area contributed by atoms with Crippen molar-refractivity contribution in [3.63, 3.8) is 0 Å². The molecule has 1 atom stereocenters. The van der Waals surface area contributed by atoms with Crippen molar-refractivity contribution in [1.29, 1.82) is 0 Å². The van der Waals surface area contributed by atoms with Crippen molar-refractivity contribution in [2.24, 2.45) is 0 Å². The van der Waals surface area contributed by atoms with Gasteiger partial charge in [0.25, 0.3) is 11.7 Å². The van der Waals surface area contributed by atoms with Crippen molar-refractivity contribution in [3.05, 3.63) is 59.7 Å². The van der Waals surface area contributed by atoms with Crippen molar-refractivity contribution < 1.29 is 27.6 Å². The molecule has 0 radical (unpaired) electrons. The van der Waals surface area contributed by atoms with Gasteiger partial charge in [-0.25, -0.2) is 0 Å². The molecule has 1 aliphatic heterocycles. The second-order valence-electron chi connectivity index (χ2n) is 6.01. The maximum absolute atomic E-state index is 12.8. The third-order valence-electron chi connectivity index (χ3n) is 4.28. The van der Waals surface area contributed by atoms with Crippen molar-refractivity contribution >= 4 is 29.0 Å². The van der Waals surface area contributed by atoms with Gasteiger partial charge < -0.3 is 5.32 Å². The first-order chi connectivity index (χ1) is 12.7. The predicted octanol–water partition coefficient (Wildman–Crippen LogP) is 3.65. The van der Waals surface area contributed by atoms with Gasteiger partial charge in [0, 0.05) is 5.69 Å². The number of para-hydroxylation sites is 1. The molecule has 1 aliphatic rings. The van der Waals surface area contributed by atoms with Crippen molar-refractivity contribution in [3.8, 4) is 0 Å². The Kier molecular flexibility index (Phi) is 4.73. The number of anilines is 2. The maximum Gasteiger partial charge on any atom is 0.416 e. The number of alkyl halides is 3. The van der Waals surface area contributed by atoms with Crippen LogP contribution in [0, 0.1) is 0 Å². The Labute approximate surface area is 152 Å². The number of fused-ring (bicyclic) bond motifs is 1. The van der Waals surface area contributed by atoms with E-state index >= 15 is 0 Å². The lowest BCUT2D eigenvalue weighted by Gasteiger charge is -2.26. The molecular weight excluding hydrogens is 361 g/mol. The summed E-state index contributed by atoms with van der Waals surface area (Å²) in [5.74, 6) is -2.21. The molecule has 140 valence electrons. The van der Waals surface area contributed by atoms with E-state index in [1.54, 1.807) is 25.1 Å². The summed E-state index contributed by atoms with van der Waals surface area (Å²) < 4.78 is 38.5. The van der Waals surface area contributed by atoms with Crippen LogP contribution < -0.4 is 10.2 Å². The molecule has 27 heavy (non-hydrogen) atoms. The molecule has 0 saturated carbocycles. The first-order valence-corrected chi connectivity index (χ1v) is 8.19. The van der Waals surface area contributed by atoms with Crippen LogP contribution in [0.2, 0.25) is 0 Å². The number of hydrogen-bond acceptors (Lipinski definition) is 3. The standard InChI is InChI=1S/C19H15F3N2O3/c1-2-14(24-15-9-4-3-8-13(15)16(25)18(24)27)17(26)23-12-7-5-6-11(10-12)19(20,21)22/h3-10,14H,2H2,1H3,(H,23,26). The number of nitrogens with zero attached hydrogens (tertiary/aromatic N) is 1. The minimum atomic E-state index is -4.54. The number of rotatable bonds is 4. The molecule has 1 heterocycles. The van der Waals surface area contributed by atoms with Crippen LogP contribution in [0.15, 0.2) is 48.5 Å². The number of nitrogens with one attached hydrogen (secondary N) is 1. The van der Waals surface area contributed by atoms with Gasteiger partial charge in [-0.15, -0.1) is 0 Å². The molecule has 2 aromatic carbocycles. The molecular formula is C19H15F3N2O3. The van der Waals surface area contributed by atoms with Crippen LogP contribution in [-0.4, -0.2) is 23.6 Å². The molecule has 3 rings (SSSR count). The average molecular weight is 376 g/mol. The second kappa shape index (κ2) is 6.86. The third-order valence-corrected chi connectivity index (χ3v) is 4.28. The normalized spacial score (nSPS) is 14.9. The van der Waals surface area contributed by atoms with Crippen LogP contribution in [-0.2, 0) is 15.8 Å². The fourth-order valence-corrected chi connectivity index (χ4v) is 3.00. The molecule has 2 aromatic rings. The fourth-order valence-electron chi connectivity index (χ4n) is 3.00. The van der Waals surface area contributed by atoms with Crippen LogP contribution in [0.3, 0.4) is 0 Å². The number of carbonyl (C=O) groups is 3. The van der Waals surface area contributed by atoms with Crippen molar-refractivity contribution in [1.82, 2.24) is 0 Å². The van der Waals surface area contributed by atoms with E-state index in [1.165, 1.54) is 18.2 Å². The summed E-state index contributed by atoms with van der Waals surface area (Å²) in [4.78, 5) is 38.2. The zero-order valence-electron chi connectivity index (χ0n) is 14.2. The van der Waals surface area contributed by atoms with Crippen LogP contribution in [0.1, 0.15) is 29.3 Å². The summed E-state index contributed by atoms with van der Waals surface area (Å²) in [5, 5.41) is 2.40. The molecule has 0 aliphatic carbocycles. The summed E-state index contributed by atoms with van der Waals surface area (Å²) >= 11 is 0. The summed E-state index contributed by atoms with van der Waals surface area (Å²) in [6, 6.07) is 9.47. The van der Waals surface area contributed by atoms with Gasteiger partial charge in [-0.2, -0.15) is 13.2 Å². The lowest BCUT2D eigenvalue weighted by atomic mass is 10.1. The Morgan fingerprint density at radius 3 is 2.48 bits per heavy atom. The van der Waals surface area contributed by atoms with Gasteiger partial charge in [0.05, 0.1) is 16.8 Å². The highest BCUT2D eigenvalue weighted by Gasteiger charge is 2.41. The second-order valence-corrected chi connectivity index (χ2v) is 6.01. The fraction of sp³-hybridized carbons (Fsp3) is 0.211. The van der Waals surface area contributed by atoms with E-state index in [9.17, 15) is 27.6 Å². The number of hydrogen-bond donors (Lipinski definition) is 1. The van der Waals surface area contributed by atoms with Crippen LogP contribution >= 0.6 is 0 Å². The van der Waals surface area contributed by atoms with E-state index in [2.05, 4.69) is 5.32 Å². The molecule has 1 unspecified atom stereocenters. The molecule has 2 amide bonds. The highest BCUT2D eigenvalue weighted by atomic mass is 19.4. The highest BCUT2D eigenvalue weighted by Crippen LogP contribution is 2.33. The first kappa shape index (κ1) is 18.6. The summed E-state index contributed by atoms with van der Waals surface area (Å²) in [7, 11) is 0. The van der Waals surface area contributed by atoms with Crippen molar-refractivity contribution in [2.75, 3.05) is 10.2 Å². The van der Waals surface area contributed by atoms with Gasteiger partial charge in [-0.1, -0.05) is 25.1 Å². The van der Waals surface area contributed by atoms with E-state index in [1.807, 2.05) is 0 Å². The SMILES string of the molecule is CCC(C(=O)Nc1cccc(C(F)(F)F)c1)N1C(=O)C(=O)c2ccccc21. The van der Waals surface area contributed by atoms with E-state index in [-0.39, 0.29) is 17.7 Å². The predicted molar refractivity (Wildman–Crippen MR) is 92.4 cm³/mol. The molecule has 0 fully saturated rings. The smallest absolute Gasteiger partial charge is 0.324 e. The Bertz CT molecular complexity index is 924. The molecule has 8 heteroatoms. The zero-order chi connectivity index (χ0) is 19.8. The Morgan fingerprint density at radius 1 is 1.11 bits per heavy atom. The lowest BCUT2D eigenvalue weighted by Crippen LogP contribution is -2.46. The number of amides is 2.